The first-order valence-electron chi connectivity index (χ1n) is 21.6. The Labute approximate surface area is 380 Å². The minimum atomic E-state index is -1.34. The van der Waals surface area contributed by atoms with E-state index in [9.17, 15) is 38.4 Å². The molecule has 66 heavy (non-hydrogen) atoms. The van der Waals surface area contributed by atoms with Gasteiger partial charge < -0.3 is 64.4 Å². The number of amides is 8. The van der Waals surface area contributed by atoms with Crippen LogP contribution in [0.4, 0.5) is 0 Å². The van der Waals surface area contributed by atoms with Crippen LogP contribution in [0.3, 0.4) is 0 Å². The maximum Gasteiger partial charge on any atom is 0.243 e. The number of aromatic amines is 2. The van der Waals surface area contributed by atoms with Gasteiger partial charge in [-0.1, -0.05) is 48.5 Å². The van der Waals surface area contributed by atoms with Crippen LogP contribution in [0.5, 0.6) is 0 Å². The van der Waals surface area contributed by atoms with Crippen LogP contribution in [0.2, 0.25) is 0 Å². The monoisotopic (exact) mass is 910 g/mol. The Kier molecular flexibility index (Phi) is 18.2. The molecule has 0 bridgehead atoms. The summed E-state index contributed by atoms with van der Waals surface area (Å²) in [7, 11) is 0. The van der Waals surface area contributed by atoms with Crippen molar-refractivity contribution in [1.82, 2.24) is 52.2 Å². The number of aliphatic imine (C=N–C) groups is 1. The van der Waals surface area contributed by atoms with Gasteiger partial charge in [-0.2, -0.15) is 0 Å². The number of nitrogens with two attached hydrogens (primary N) is 3. The Hall–Kier alpha value is -7.78. The van der Waals surface area contributed by atoms with Crippen LogP contribution in [0.1, 0.15) is 62.3 Å². The lowest BCUT2D eigenvalue weighted by molar-refractivity contribution is -0.135. The second-order valence-corrected chi connectivity index (χ2v) is 16.0. The zero-order valence-electron chi connectivity index (χ0n) is 36.6. The zero-order chi connectivity index (χ0) is 47.6. The van der Waals surface area contributed by atoms with E-state index < -0.39 is 83.5 Å². The molecule has 2 aromatic heterocycles. The Morgan fingerprint density at radius 2 is 1.38 bits per heavy atom. The largest absolute Gasteiger partial charge is 0.370 e. The van der Waals surface area contributed by atoms with E-state index in [1.807, 2.05) is 24.3 Å². The number of para-hydroxylation sites is 1. The molecule has 4 aromatic rings. The molecule has 2 aromatic carbocycles. The Morgan fingerprint density at radius 1 is 0.742 bits per heavy atom. The van der Waals surface area contributed by atoms with Crippen LogP contribution in [0.25, 0.3) is 10.9 Å². The van der Waals surface area contributed by atoms with Crippen LogP contribution in [0, 0.1) is 0 Å². The number of nitrogens with zero attached hydrogens (tertiary/aromatic N) is 2. The first-order chi connectivity index (χ1) is 31.7. The van der Waals surface area contributed by atoms with Crippen molar-refractivity contribution >= 4 is 64.1 Å². The van der Waals surface area contributed by atoms with E-state index in [1.165, 1.54) is 19.4 Å². The van der Waals surface area contributed by atoms with E-state index in [1.54, 1.807) is 36.5 Å². The summed E-state index contributed by atoms with van der Waals surface area (Å²) in [5, 5.41) is 19.6. The molecule has 0 spiro atoms. The third kappa shape index (κ3) is 15.2. The number of rotatable bonds is 12. The van der Waals surface area contributed by atoms with E-state index in [-0.39, 0.29) is 76.8 Å². The number of carbonyl (C=O) groups excluding carboxylic acids is 8. The molecule has 1 fully saturated rings. The fraction of sp³-hybridized carbons (Fsp3) is 0.409. The van der Waals surface area contributed by atoms with Gasteiger partial charge in [0.1, 0.15) is 36.3 Å². The standard InChI is InChI=1S/C44H58N14O8/c1-25(59)53-33-15-16-37(60)49-17-7-13-31(38(45)61)54-42(65)35(20-27-22-51-30-12-6-5-11-29(27)30)57-39(62)32(14-8-18-50-44(46)47)55-41(64)34(19-26-9-3-2-4-10-26)56-43(66)36(58-40(33)63)21-28-23-48-24-52-28/h2-6,9-12,22-24,31-36,51H,7-8,13-21H2,1H3,(H2,45,61)(H,48,52)(H,49,60)(H,53,59)(H,54,65)(H,55,64)(H,56,66)(H,57,62)(H,58,63)(H4,46,47,50). The van der Waals surface area contributed by atoms with Crippen molar-refractivity contribution in [2.45, 2.75) is 101 Å². The van der Waals surface area contributed by atoms with E-state index >= 15 is 0 Å². The molecule has 352 valence electrons. The first kappa shape index (κ1) is 49.2. The van der Waals surface area contributed by atoms with Crippen LogP contribution in [-0.4, -0.2) is 118 Å². The lowest BCUT2D eigenvalue weighted by Crippen LogP contribution is -2.60. The lowest BCUT2D eigenvalue weighted by Gasteiger charge is -2.27. The van der Waals surface area contributed by atoms with Crippen LogP contribution in [-0.2, 0) is 57.6 Å². The number of hydrogen-bond acceptors (Lipinski definition) is 10. The fourth-order valence-corrected chi connectivity index (χ4v) is 7.45. The van der Waals surface area contributed by atoms with Crippen LogP contribution in [0.15, 0.2) is 78.3 Å². The van der Waals surface area contributed by atoms with Crippen molar-refractivity contribution in [3.05, 3.63) is 90.1 Å². The third-order valence-electron chi connectivity index (χ3n) is 10.8. The number of imidazole rings is 1. The van der Waals surface area contributed by atoms with E-state index in [2.05, 4.69) is 57.2 Å². The summed E-state index contributed by atoms with van der Waals surface area (Å²) in [6, 6.07) is 8.35. The smallest absolute Gasteiger partial charge is 0.243 e. The van der Waals surface area contributed by atoms with E-state index in [0.29, 0.717) is 16.8 Å². The normalized spacial score (nSPS) is 22.1. The predicted molar refractivity (Wildman–Crippen MR) is 242 cm³/mol. The van der Waals surface area contributed by atoms with Gasteiger partial charge in [-0.15, -0.1) is 0 Å². The maximum atomic E-state index is 14.5. The molecule has 6 atom stereocenters. The molecule has 0 aliphatic carbocycles. The molecule has 0 radical (unpaired) electrons. The fourth-order valence-electron chi connectivity index (χ4n) is 7.45. The number of carbonyl (C=O) groups is 8. The topological polar surface area (TPSA) is 356 Å². The highest BCUT2D eigenvalue weighted by atomic mass is 16.2. The number of primary amides is 1. The molecular formula is C44H58N14O8. The van der Waals surface area contributed by atoms with Gasteiger partial charge in [0.2, 0.25) is 47.3 Å². The molecule has 22 nitrogen and oxygen atoms in total. The van der Waals surface area contributed by atoms with Crippen molar-refractivity contribution in [2.24, 2.45) is 22.2 Å². The second kappa shape index (κ2) is 24.3. The molecule has 1 aliphatic heterocycles. The number of benzene rings is 2. The predicted octanol–water partition coefficient (Wildman–Crippen LogP) is -1.92. The highest BCUT2D eigenvalue weighted by molar-refractivity contribution is 5.97. The summed E-state index contributed by atoms with van der Waals surface area (Å²) in [5.41, 5.74) is 19.4. The minimum absolute atomic E-state index is 0.0110. The molecule has 8 amide bonds. The molecule has 6 unspecified atom stereocenters. The van der Waals surface area contributed by atoms with Gasteiger partial charge in [-0.25, -0.2) is 4.98 Å². The van der Waals surface area contributed by atoms with Gasteiger partial charge >= 0.3 is 0 Å². The van der Waals surface area contributed by atoms with Crippen LogP contribution >= 0.6 is 0 Å². The maximum absolute atomic E-state index is 14.5. The summed E-state index contributed by atoms with van der Waals surface area (Å²) in [5.74, 6) is -5.97. The van der Waals surface area contributed by atoms with Gasteiger partial charge in [0, 0.05) is 74.7 Å². The number of aromatic nitrogens is 3. The zero-order valence-corrected chi connectivity index (χ0v) is 36.6. The number of guanidine groups is 1. The lowest BCUT2D eigenvalue weighted by atomic mass is 10.0. The average molecular weight is 911 g/mol. The number of H-pyrrole nitrogens is 2. The first-order valence-corrected chi connectivity index (χ1v) is 21.6. The molecule has 15 N–H and O–H groups in total. The molecule has 0 saturated carbocycles. The van der Waals surface area contributed by atoms with Crippen molar-refractivity contribution in [1.29, 1.82) is 0 Å². The highest BCUT2D eigenvalue weighted by Gasteiger charge is 2.34. The van der Waals surface area contributed by atoms with Crippen molar-refractivity contribution in [2.75, 3.05) is 13.1 Å². The van der Waals surface area contributed by atoms with Gasteiger partial charge in [0.05, 0.1) is 6.33 Å². The molecule has 1 saturated heterocycles. The minimum Gasteiger partial charge on any atom is -0.370 e. The summed E-state index contributed by atoms with van der Waals surface area (Å²) in [6.45, 7) is 1.34. The van der Waals surface area contributed by atoms with Crippen LogP contribution < -0.4 is 54.4 Å². The van der Waals surface area contributed by atoms with E-state index in [0.717, 1.165) is 10.9 Å². The molecule has 1 aliphatic rings. The Bertz CT molecular complexity index is 2350. The Morgan fingerprint density at radius 3 is 2.06 bits per heavy atom. The number of hydrogen-bond donors (Lipinski definition) is 12. The summed E-state index contributed by atoms with van der Waals surface area (Å²) < 4.78 is 0. The van der Waals surface area contributed by atoms with Crippen molar-refractivity contribution < 1.29 is 38.4 Å². The van der Waals surface area contributed by atoms with Crippen molar-refractivity contribution in [3.63, 3.8) is 0 Å². The molecule has 22 heteroatoms. The number of nitrogens with one attached hydrogen (secondary N) is 9. The average Bonchev–Trinajstić information content (AvgIpc) is 3.96. The SMILES string of the molecule is CC(=O)NC1CCC(=O)NCCCC(C(N)=O)NC(=O)C(Cc2c[nH]c3ccccc23)NC(=O)C(CCCN=C(N)N)NC(=O)C(Cc2ccccc2)NC(=O)C(Cc2cnc[nH]2)NC1=O. The molecule has 5 rings (SSSR count). The quantitative estimate of drug-likeness (QED) is 0.0422. The summed E-state index contributed by atoms with van der Waals surface area (Å²) in [4.78, 5) is 123. The summed E-state index contributed by atoms with van der Waals surface area (Å²) >= 11 is 0. The summed E-state index contributed by atoms with van der Waals surface area (Å²) in [6.07, 6.45) is 4.31. The third-order valence-corrected chi connectivity index (χ3v) is 10.8. The van der Waals surface area contributed by atoms with Gasteiger partial charge in [0.25, 0.3) is 0 Å². The van der Waals surface area contributed by atoms with Gasteiger partial charge in [-0.3, -0.25) is 43.3 Å². The molecular weight excluding hydrogens is 853 g/mol. The molecule has 3 heterocycles. The van der Waals surface area contributed by atoms with Gasteiger partial charge in [0.15, 0.2) is 5.96 Å². The Balaban J connectivity index is 1.53. The highest BCUT2D eigenvalue weighted by Crippen LogP contribution is 2.20. The van der Waals surface area contributed by atoms with E-state index in [4.69, 9.17) is 17.2 Å². The van der Waals surface area contributed by atoms with Crippen molar-refractivity contribution in [3.8, 4) is 0 Å². The second-order valence-electron chi connectivity index (χ2n) is 16.0. The van der Waals surface area contributed by atoms with Gasteiger partial charge in [-0.05, 0) is 49.3 Å². The number of fused-ring (bicyclic) bond motifs is 1.